The Morgan fingerprint density at radius 3 is 2.44 bits per heavy atom. The molecule has 2 heteroatoms. The fourth-order valence-electron chi connectivity index (χ4n) is 3.13. The lowest BCUT2D eigenvalue weighted by atomic mass is 9.88. The van der Waals surface area contributed by atoms with Gasteiger partial charge in [-0.1, -0.05) is 32.6 Å². The third kappa shape index (κ3) is 3.74. The highest BCUT2D eigenvalue weighted by atomic mass is 16.5. The van der Waals surface area contributed by atoms with Crippen LogP contribution in [-0.4, -0.2) is 25.3 Å². The zero-order chi connectivity index (χ0) is 11.2. The van der Waals surface area contributed by atoms with Gasteiger partial charge in [-0.15, -0.1) is 0 Å². The van der Waals surface area contributed by atoms with Gasteiger partial charge in [-0.05, 0) is 31.6 Å². The van der Waals surface area contributed by atoms with Gasteiger partial charge in [0.2, 0.25) is 0 Å². The fourth-order valence-corrected chi connectivity index (χ4v) is 3.13. The molecule has 0 heterocycles. The molecule has 1 N–H and O–H groups in total. The standard InChI is InChI=1S/C14H27NO/c1-12-6-2-5-9-14(12)16-11-10-15-13-7-3-4-8-13/h12-15H,2-11H2,1H3. The van der Waals surface area contributed by atoms with E-state index in [4.69, 9.17) is 4.74 Å². The van der Waals surface area contributed by atoms with Crippen LogP contribution in [0.5, 0.6) is 0 Å². The molecule has 2 fully saturated rings. The van der Waals surface area contributed by atoms with Gasteiger partial charge in [0.05, 0.1) is 12.7 Å². The Morgan fingerprint density at radius 1 is 1.00 bits per heavy atom. The van der Waals surface area contributed by atoms with E-state index in [2.05, 4.69) is 12.2 Å². The first-order valence-electron chi connectivity index (χ1n) is 7.21. The van der Waals surface area contributed by atoms with Crippen LogP contribution in [0.15, 0.2) is 0 Å². The van der Waals surface area contributed by atoms with Crippen LogP contribution in [0.2, 0.25) is 0 Å². The number of hydrogen-bond acceptors (Lipinski definition) is 2. The topological polar surface area (TPSA) is 21.3 Å². The Balaban J connectivity index is 1.53. The number of hydrogen-bond donors (Lipinski definition) is 1. The van der Waals surface area contributed by atoms with Crippen molar-refractivity contribution in [2.75, 3.05) is 13.2 Å². The highest BCUT2D eigenvalue weighted by Crippen LogP contribution is 2.26. The third-order valence-corrected chi connectivity index (χ3v) is 4.25. The normalized spacial score (nSPS) is 32.1. The van der Waals surface area contributed by atoms with Crippen molar-refractivity contribution in [1.29, 1.82) is 0 Å². The summed E-state index contributed by atoms with van der Waals surface area (Å²) in [5.41, 5.74) is 0. The van der Waals surface area contributed by atoms with Gasteiger partial charge >= 0.3 is 0 Å². The first kappa shape index (κ1) is 12.4. The van der Waals surface area contributed by atoms with Crippen LogP contribution in [0.25, 0.3) is 0 Å². The van der Waals surface area contributed by atoms with Crippen molar-refractivity contribution in [2.45, 2.75) is 70.4 Å². The quantitative estimate of drug-likeness (QED) is 0.726. The first-order chi connectivity index (χ1) is 7.86. The Bertz CT molecular complexity index is 189. The van der Waals surface area contributed by atoms with Gasteiger partial charge in [0, 0.05) is 12.6 Å². The molecule has 0 amide bonds. The summed E-state index contributed by atoms with van der Waals surface area (Å²) in [6.07, 6.45) is 11.5. The number of ether oxygens (including phenoxy) is 1. The Hall–Kier alpha value is -0.0800. The summed E-state index contributed by atoms with van der Waals surface area (Å²) in [5.74, 6) is 0.778. The van der Waals surface area contributed by atoms with E-state index in [1.54, 1.807) is 0 Å². The Labute approximate surface area is 100 Å². The van der Waals surface area contributed by atoms with E-state index in [1.165, 1.54) is 51.4 Å². The number of rotatable bonds is 5. The zero-order valence-corrected chi connectivity index (χ0v) is 10.7. The van der Waals surface area contributed by atoms with Gasteiger partial charge in [-0.25, -0.2) is 0 Å². The lowest BCUT2D eigenvalue weighted by Crippen LogP contribution is -2.32. The molecule has 16 heavy (non-hydrogen) atoms. The van der Waals surface area contributed by atoms with Crippen LogP contribution in [0.1, 0.15) is 58.3 Å². The van der Waals surface area contributed by atoms with Crippen molar-refractivity contribution in [2.24, 2.45) is 5.92 Å². The van der Waals surface area contributed by atoms with Gasteiger partial charge in [0.1, 0.15) is 0 Å². The minimum Gasteiger partial charge on any atom is -0.377 e. The molecule has 0 aromatic carbocycles. The molecule has 0 radical (unpaired) electrons. The summed E-state index contributed by atoms with van der Waals surface area (Å²) in [6, 6.07) is 0.785. The van der Waals surface area contributed by atoms with Crippen molar-refractivity contribution in [3.05, 3.63) is 0 Å². The SMILES string of the molecule is CC1CCCCC1OCCNC1CCCC1. The van der Waals surface area contributed by atoms with Crippen molar-refractivity contribution in [1.82, 2.24) is 5.32 Å². The van der Waals surface area contributed by atoms with Crippen molar-refractivity contribution in [3.8, 4) is 0 Å². The third-order valence-electron chi connectivity index (χ3n) is 4.25. The van der Waals surface area contributed by atoms with Crippen molar-refractivity contribution < 1.29 is 4.74 Å². The van der Waals surface area contributed by atoms with Crippen LogP contribution < -0.4 is 5.32 Å². The van der Waals surface area contributed by atoms with Gasteiger partial charge in [-0.2, -0.15) is 0 Å². The zero-order valence-electron chi connectivity index (χ0n) is 10.7. The van der Waals surface area contributed by atoms with Crippen LogP contribution in [-0.2, 0) is 4.74 Å². The summed E-state index contributed by atoms with van der Waals surface area (Å²) in [6.45, 7) is 4.30. The molecule has 0 aromatic rings. The molecule has 2 rings (SSSR count). The average molecular weight is 225 g/mol. The van der Waals surface area contributed by atoms with Crippen LogP contribution >= 0.6 is 0 Å². The molecular formula is C14H27NO. The van der Waals surface area contributed by atoms with E-state index in [1.807, 2.05) is 0 Å². The molecule has 2 unspecified atom stereocenters. The molecule has 0 bridgehead atoms. The van der Waals surface area contributed by atoms with Gasteiger partial charge < -0.3 is 10.1 Å². The lowest BCUT2D eigenvalue weighted by molar-refractivity contribution is -0.00379. The smallest absolute Gasteiger partial charge is 0.0601 e. The summed E-state index contributed by atoms with van der Waals surface area (Å²) in [7, 11) is 0. The van der Waals surface area contributed by atoms with Gasteiger partial charge in [0.15, 0.2) is 0 Å². The molecule has 2 nitrogen and oxygen atoms in total. The average Bonchev–Trinajstić information content (AvgIpc) is 2.79. The summed E-state index contributed by atoms with van der Waals surface area (Å²) in [4.78, 5) is 0. The predicted molar refractivity (Wildman–Crippen MR) is 67.6 cm³/mol. The van der Waals surface area contributed by atoms with Crippen LogP contribution in [0.4, 0.5) is 0 Å². The van der Waals surface area contributed by atoms with E-state index >= 15 is 0 Å². The maximum atomic E-state index is 5.99. The van der Waals surface area contributed by atoms with E-state index in [0.29, 0.717) is 6.10 Å². The monoisotopic (exact) mass is 225 g/mol. The molecule has 2 aliphatic rings. The Morgan fingerprint density at radius 2 is 1.69 bits per heavy atom. The highest BCUT2D eigenvalue weighted by Gasteiger charge is 2.21. The summed E-state index contributed by atoms with van der Waals surface area (Å²) >= 11 is 0. The maximum absolute atomic E-state index is 5.99. The second-order valence-corrected chi connectivity index (χ2v) is 5.61. The van der Waals surface area contributed by atoms with Crippen LogP contribution in [0.3, 0.4) is 0 Å². The van der Waals surface area contributed by atoms with Gasteiger partial charge in [0.25, 0.3) is 0 Å². The largest absolute Gasteiger partial charge is 0.377 e. The molecule has 0 aliphatic heterocycles. The molecule has 2 saturated carbocycles. The fraction of sp³-hybridized carbons (Fsp3) is 1.00. The van der Waals surface area contributed by atoms with E-state index in [0.717, 1.165) is 25.1 Å². The second-order valence-electron chi connectivity index (χ2n) is 5.61. The molecule has 2 atom stereocenters. The van der Waals surface area contributed by atoms with E-state index in [-0.39, 0.29) is 0 Å². The number of nitrogens with one attached hydrogen (secondary N) is 1. The molecular weight excluding hydrogens is 198 g/mol. The van der Waals surface area contributed by atoms with Gasteiger partial charge in [-0.3, -0.25) is 0 Å². The van der Waals surface area contributed by atoms with E-state index < -0.39 is 0 Å². The molecule has 0 aromatic heterocycles. The van der Waals surface area contributed by atoms with Crippen LogP contribution in [0, 0.1) is 5.92 Å². The molecule has 94 valence electrons. The van der Waals surface area contributed by atoms with Crippen molar-refractivity contribution >= 4 is 0 Å². The second kappa shape index (κ2) is 6.61. The molecule has 2 aliphatic carbocycles. The predicted octanol–water partition coefficient (Wildman–Crippen LogP) is 3.11. The lowest BCUT2D eigenvalue weighted by Gasteiger charge is -2.29. The molecule has 0 saturated heterocycles. The van der Waals surface area contributed by atoms with Crippen molar-refractivity contribution in [3.63, 3.8) is 0 Å². The summed E-state index contributed by atoms with van der Waals surface area (Å²) < 4.78 is 5.99. The minimum atomic E-state index is 0.541. The summed E-state index contributed by atoms with van der Waals surface area (Å²) in [5, 5.41) is 3.61. The Kier molecular flexibility index (Phi) is 5.11. The highest BCUT2D eigenvalue weighted by molar-refractivity contribution is 4.74. The minimum absolute atomic E-state index is 0.541. The maximum Gasteiger partial charge on any atom is 0.0601 e. The first-order valence-corrected chi connectivity index (χ1v) is 7.21. The van der Waals surface area contributed by atoms with E-state index in [9.17, 15) is 0 Å². The molecule has 0 spiro atoms.